The highest BCUT2D eigenvalue weighted by Gasteiger charge is 2.33. The van der Waals surface area contributed by atoms with Crippen LogP contribution in [0, 0.1) is 17.2 Å². The number of carbonyl (C=O) groups excluding carboxylic acids is 3. The van der Waals surface area contributed by atoms with Gasteiger partial charge in [0.2, 0.25) is 17.7 Å². The van der Waals surface area contributed by atoms with E-state index in [0.29, 0.717) is 32.6 Å². The molecule has 1 saturated heterocycles. The lowest BCUT2D eigenvalue weighted by molar-refractivity contribution is -0.129. The predicted molar refractivity (Wildman–Crippen MR) is 90.8 cm³/mol. The van der Waals surface area contributed by atoms with E-state index in [4.69, 9.17) is 5.26 Å². The van der Waals surface area contributed by atoms with E-state index >= 15 is 0 Å². The third kappa shape index (κ3) is 5.92. The zero-order valence-corrected chi connectivity index (χ0v) is 14.0. The minimum absolute atomic E-state index is 0.00669. The highest BCUT2D eigenvalue weighted by atomic mass is 16.2. The first kappa shape index (κ1) is 18.5. The number of carbonyl (C=O) groups is 3. The summed E-state index contributed by atoms with van der Waals surface area (Å²) >= 11 is 0. The lowest BCUT2D eigenvalue weighted by Crippen LogP contribution is -2.35. The molecule has 1 heterocycles. The molecular formula is C18H22N4O3. The zero-order chi connectivity index (χ0) is 18.1. The van der Waals surface area contributed by atoms with Crippen molar-refractivity contribution in [2.24, 2.45) is 5.92 Å². The molecule has 1 fully saturated rings. The van der Waals surface area contributed by atoms with Crippen molar-refractivity contribution in [3.63, 3.8) is 0 Å². The molecule has 0 spiro atoms. The number of amides is 3. The molecule has 2 N–H and O–H groups in total. The van der Waals surface area contributed by atoms with Gasteiger partial charge in [-0.15, -0.1) is 0 Å². The molecule has 2 rings (SSSR count). The van der Waals surface area contributed by atoms with Gasteiger partial charge in [0.05, 0.1) is 12.0 Å². The van der Waals surface area contributed by atoms with Crippen molar-refractivity contribution in [2.75, 3.05) is 19.6 Å². The first-order valence-corrected chi connectivity index (χ1v) is 8.33. The molecule has 1 aliphatic rings. The van der Waals surface area contributed by atoms with E-state index in [2.05, 4.69) is 10.6 Å². The summed E-state index contributed by atoms with van der Waals surface area (Å²) < 4.78 is 0. The van der Waals surface area contributed by atoms with Crippen LogP contribution in [0.1, 0.15) is 24.8 Å². The van der Waals surface area contributed by atoms with Gasteiger partial charge in [0, 0.05) is 32.6 Å². The number of hydrogen-bond acceptors (Lipinski definition) is 4. The topological polar surface area (TPSA) is 102 Å². The van der Waals surface area contributed by atoms with Crippen molar-refractivity contribution in [3.8, 4) is 6.07 Å². The van der Waals surface area contributed by atoms with Crippen molar-refractivity contribution >= 4 is 17.7 Å². The van der Waals surface area contributed by atoms with Crippen LogP contribution in [0.2, 0.25) is 0 Å². The Morgan fingerprint density at radius 1 is 1.20 bits per heavy atom. The van der Waals surface area contributed by atoms with Crippen LogP contribution in [0.15, 0.2) is 30.3 Å². The monoisotopic (exact) mass is 342 g/mol. The maximum absolute atomic E-state index is 12.2. The normalized spacial score (nSPS) is 16.4. The fourth-order valence-corrected chi connectivity index (χ4v) is 2.71. The lowest BCUT2D eigenvalue weighted by Gasteiger charge is -2.16. The van der Waals surface area contributed by atoms with Crippen LogP contribution in [0.3, 0.4) is 0 Å². The van der Waals surface area contributed by atoms with Crippen molar-refractivity contribution in [3.05, 3.63) is 35.9 Å². The summed E-state index contributed by atoms with van der Waals surface area (Å²) in [6, 6.07) is 11.5. The van der Waals surface area contributed by atoms with Crippen LogP contribution in [-0.4, -0.2) is 42.3 Å². The maximum atomic E-state index is 12.2. The molecule has 1 atom stereocenters. The molecule has 1 aromatic rings. The number of nitrogens with zero attached hydrogens (tertiary/aromatic N) is 2. The molecule has 1 unspecified atom stereocenters. The van der Waals surface area contributed by atoms with E-state index in [9.17, 15) is 14.4 Å². The Bertz CT molecular complexity index is 654. The summed E-state index contributed by atoms with van der Waals surface area (Å²) in [5, 5.41) is 13.8. The SMILES string of the molecule is N#CCC(=O)NCCCNC(=O)C1CC(=O)N(Cc2ccccc2)C1. The molecular weight excluding hydrogens is 320 g/mol. The molecule has 3 amide bonds. The van der Waals surface area contributed by atoms with Crippen LogP contribution >= 0.6 is 0 Å². The second-order valence-corrected chi connectivity index (χ2v) is 5.99. The Balaban J connectivity index is 1.68. The van der Waals surface area contributed by atoms with Gasteiger partial charge < -0.3 is 15.5 Å². The number of benzene rings is 1. The van der Waals surface area contributed by atoms with E-state index in [0.717, 1.165) is 5.56 Å². The fraction of sp³-hybridized carbons (Fsp3) is 0.444. The number of nitrogens with one attached hydrogen (secondary N) is 2. The molecule has 25 heavy (non-hydrogen) atoms. The molecule has 0 saturated carbocycles. The molecule has 0 aliphatic carbocycles. The van der Waals surface area contributed by atoms with Crippen molar-refractivity contribution in [1.29, 1.82) is 5.26 Å². The van der Waals surface area contributed by atoms with Crippen LogP contribution in [0.25, 0.3) is 0 Å². The van der Waals surface area contributed by atoms with E-state index < -0.39 is 0 Å². The average molecular weight is 342 g/mol. The molecule has 7 nitrogen and oxygen atoms in total. The predicted octanol–water partition coefficient (Wildman–Crippen LogP) is 0.571. The number of rotatable bonds is 8. The number of likely N-dealkylation sites (tertiary alicyclic amines) is 1. The van der Waals surface area contributed by atoms with E-state index in [1.807, 2.05) is 30.3 Å². The van der Waals surface area contributed by atoms with Crippen molar-refractivity contribution in [1.82, 2.24) is 15.5 Å². The van der Waals surface area contributed by atoms with Gasteiger partial charge in [-0.05, 0) is 12.0 Å². The summed E-state index contributed by atoms with van der Waals surface area (Å²) in [4.78, 5) is 37.1. The largest absolute Gasteiger partial charge is 0.356 e. The Hall–Kier alpha value is -2.88. The van der Waals surface area contributed by atoms with Gasteiger partial charge in [0.1, 0.15) is 6.42 Å². The van der Waals surface area contributed by atoms with Crippen LogP contribution in [0.4, 0.5) is 0 Å². The zero-order valence-electron chi connectivity index (χ0n) is 14.0. The maximum Gasteiger partial charge on any atom is 0.234 e. The quantitative estimate of drug-likeness (QED) is 0.674. The Kier molecular flexibility index (Phi) is 6.96. The number of nitriles is 1. The van der Waals surface area contributed by atoms with Crippen molar-refractivity contribution in [2.45, 2.75) is 25.8 Å². The summed E-state index contributed by atoms with van der Waals surface area (Å²) in [5.74, 6) is -0.781. The minimum atomic E-state index is -0.329. The van der Waals surface area contributed by atoms with Gasteiger partial charge in [-0.25, -0.2) is 0 Å². The average Bonchev–Trinajstić information content (AvgIpc) is 2.96. The Morgan fingerprint density at radius 2 is 1.92 bits per heavy atom. The van der Waals surface area contributed by atoms with Gasteiger partial charge in [-0.1, -0.05) is 30.3 Å². The smallest absolute Gasteiger partial charge is 0.234 e. The van der Waals surface area contributed by atoms with Crippen LogP contribution in [-0.2, 0) is 20.9 Å². The summed E-state index contributed by atoms with van der Waals surface area (Å²) in [5.41, 5.74) is 1.05. The second kappa shape index (κ2) is 9.42. The van der Waals surface area contributed by atoms with Gasteiger partial charge >= 0.3 is 0 Å². The molecule has 7 heteroatoms. The molecule has 1 aliphatic heterocycles. The summed E-state index contributed by atoms with van der Waals surface area (Å²) in [6.07, 6.45) is 0.655. The first-order valence-electron chi connectivity index (χ1n) is 8.33. The Labute approximate surface area is 147 Å². The fourth-order valence-electron chi connectivity index (χ4n) is 2.71. The van der Waals surface area contributed by atoms with Gasteiger partial charge in [0.15, 0.2) is 0 Å². The molecule has 0 aromatic heterocycles. The van der Waals surface area contributed by atoms with Gasteiger partial charge in [-0.3, -0.25) is 14.4 Å². The molecule has 0 bridgehead atoms. The van der Waals surface area contributed by atoms with E-state index in [1.54, 1.807) is 11.0 Å². The Morgan fingerprint density at radius 3 is 2.64 bits per heavy atom. The summed E-state index contributed by atoms with van der Waals surface area (Å²) in [7, 11) is 0. The molecule has 0 radical (unpaired) electrons. The highest BCUT2D eigenvalue weighted by molar-refractivity contribution is 5.89. The third-order valence-electron chi connectivity index (χ3n) is 4.02. The minimum Gasteiger partial charge on any atom is -0.356 e. The van der Waals surface area contributed by atoms with E-state index in [1.165, 1.54) is 0 Å². The first-order chi connectivity index (χ1) is 12.1. The number of hydrogen-bond donors (Lipinski definition) is 2. The lowest BCUT2D eigenvalue weighted by atomic mass is 10.1. The van der Waals surface area contributed by atoms with Crippen LogP contribution in [0.5, 0.6) is 0 Å². The van der Waals surface area contributed by atoms with Crippen LogP contribution < -0.4 is 10.6 Å². The standard InChI is InChI=1S/C18H22N4O3/c19-8-7-16(23)20-9-4-10-21-18(25)15-11-17(24)22(13-15)12-14-5-2-1-3-6-14/h1-3,5-6,15H,4,7,9-13H2,(H,20,23)(H,21,25). The summed E-state index contributed by atoms with van der Waals surface area (Å²) in [6.45, 7) is 1.78. The van der Waals surface area contributed by atoms with Crippen molar-refractivity contribution < 1.29 is 14.4 Å². The second-order valence-electron chi connectivity index (χ2n) is 5.99. The highest BCUT2D eigenvalue weighted by Crippen LogP contribution is 2.20. The molecule has 132 valence electrons. The van der Waals surface area contributed by atoms with Gasteiger partial charge in [0.25, 0.3) is 0 Å². The van der Waals surface area contributed by atoms with Gasteiger partial charge in [-0.2, -0.15) is 5.26 Å². The van der Waals surface area contributed by atoms with E-state index in [-0.39, 0.29) is 36.5 Å². The molecule has 1 aromatic carbocycles. The third-order valence-corrected chi connectivity index (χ3v) is 4.02.